The lowest BCUT2D eigenvalue weighted by Gasteiger charge is -2.14. The van der Waals surface area contributed by atoms with Crippen LogP contribution in [0.3, 0.4) is 0 Å². The van der Waals surface area contributed by atoms with Crippen LogP contribution in [0.25, 0.3) is 10.9 Å². The van der Waals surface area contributed by atoms with E-state index < -0.39 is 0 Å². The SMILES string of the molecule is Nc1ncnc2cc(C(=O)NCc3ccncc3OCC3CCOC3)ccc12. The fourth-order valence-corrected chi connectivity index (χ4v) is 3.10. The minimum absolute atomic E-state index is 0.203. The number of pyridine rings is 1. The van der Waals surface area contributed by atoms with Crippen LogP contribution < -0.4 is 15.8 Å². The van der Waals surface area contributed by atoms with Gasteiger partial charge in [-0.25, -0.2) is 9.97 Å². The van der Waals surface area contributed by atoms with E-state index in [2.05, 4.69) is 20.3 Å². The van der Waals surface area contributed by atoms with Crippen LogP contribution in [-0.4, -0.2) is 40.7 Å². The second-order valence-corrected chi connectivity index (χ2v) is 6.70. The number of benzene rings is 1. The maximum absolute atomic E-state index is 12.6. The lowest BCUT2D eigenvalue weighted by atomic mass is 10.1. The number of nitrogens with zero attached hydrogens (tertiary/aromatic N) is 3. The number of nitrogens with one attached hydrogen (secondary N) is 1. The molecule has 0 spiro atoms. The minimum atomic E-state index is -0.203. The molecule has 0 aliphatic carbocycles. The molecule has 3 N–H and O–H groups in total. The van der Waals surface area contributed by atoms with Gasteiger partial charge in [0.15, 0.2) is 0 Å². The molecule has 144 valence electrons. The number of aromatic nitrogens is 3. The number of amides is 1. The molecular weight excluding hydrogens is 358 g/mol. The number of nitrogens with two attached hydrogens (primary N) is 1. The molecule has 1 atom stereocenters. The second kappa shape index (κ2) is 8.18. The van der Waals surface area contributed by atoms with Gasteiger partial charge < -0.3 is 20.5 Å². The molecule has 1 aliphatic rings. The highest BCUT2D eigenvalue weighted by Crippen LogP contribution is 2.21. The van der Waals surface area contributed by atoms with Crippen LogP contribution in [0.2, 0.25) is 0 Å². The van der Waals surface area contributed by atoms with Crippen LogP contribution in [0.1, 0.15) is 22.3 Å². The molecule has 3 aromatic rings. The largest absolute Gasteiger partial charge is 0.491 e. The molecule has 28 heavy (non-hydrogen) atoms. The normalized spacial score (nSPS) is 16.2. The molecule has 1 aromatic carbocycles. The molecule has 1 saturated heterocycles. The van der Waals surface area contributed by atoms with E-state index in [1.165, 1.54) is 6.33 Å². The molecule has 1 fully saturated rings. The van der Waals surface area contributed by atoms with Gasteiger partial charge in [-0.2, -0.15) is 0 Å². The number of rotatable bonds is 6. The number of hydrogen-bond acceptors (Lipinski definition) is 7. The maximum atomic E-state index is 12.6. The lowest BCUT2D eigenvalue weighted by molar-refractivity contribution is 0.0950. The van der Waals surface area contributed by atoms with Gasteiger partial charge in [0.1, 0.15) is 17.9 Å². The van der Waals surface area contributed by atoms with Crippen LogP contribution in [0.5, 0.6) is 5.75 Å². The van der Waals surface area contributed by atoms with E-state index in [0.717, 1.165) is 30.6 Å². The minimum Gasteiger partial charge on any atom is -0.491 e. The Morgan fingerprint density at radius 3 is 3.11 bits per heavy atom. The van der Waals surface area contributed by atoms with Crippen molar-refractivity contribution in [2.45, 2.75) is 13.0 Å². The molecule has 8 heteroatoms. The van der Waals surface area contributed by atoms with E-state index in [1.54, 1.807) is 30.6 Å². The first-order valence-electron chi connectivity index (χ1n) is 9.12. The van der Waals surface area contributed by atoms with Crippen molar-refractivity contribution in [3.05, 3.63) is 54.1 Å². The first-order chi connectivity index (χ1) is 13.7. The van der Waals surface area contributed by atoms with Crippen LogP contribution in [-0.2, 0) is 11.3 Å². The van der Waals surface area contributed by atoms with Gasteiger partial charge in [0.05, 0.1) is 24.9 Å². The van der Waals surface area contributed by atoms with Crippen LogP contribution in [0.15, 0.2) is 43.0 Å². The molecule has 2 aromatic heterocycles. The third kappa shape index (κ3) is 4.01. The second-order valence-electron chi connectivity index (χ2n) is 6.70. The Morgan fingerprint density at radius 1 is 1.32 bits per heavy atom. The van der Waals surface area contributed by atoms with E-state index in [0.29, 0.717) is 41.7 Å². The Hall–Kier alpha value is -3.26. The Kier molecular flexibility index (Phi) is 5.29. The molecule has 1 aliphatic heterocycles. The van der Waals surface area contributed by atoms with Gasteiger partial charge in [-0.15, -0.1) is 0 Å². The van der Waals surface area contributed by atoms with E-state index in [9.17, 15) is 4.79 Å². The van der Waals surface area contributed by atoms with Gasteiger partial charge in [0.25, 0.3) is 5.91 Å². The summed E-state index contributed by atoms with van der Waals surface area (Å²) in [6.45, 7) is 2.43. The number of ether oxygens (including phenoxy) is 2. The van der Waals surface area contributed by atoms with Crippen molar-refractivity contribution in [3.63, 3.8) is 0 Å². The summed E-state index contributed by atoms with van der Waals surface area (Å²) in [7, 11) is 0. The highest BCUT2D eigenvalue weighted by Gasteiger charge is 2.17. The number of anilines is 1. The molecule has 1 unspecified atom stereocenters. The molecule has 0 radical (unpaired) electrons. The summed E-state index contributed by atoms with van der Waals surface area (Å²) in [5.74, 6) is 1.26. The number of carbonyl (C=O) groups is 1. The Bertz CT molecular complexity index is 988. The molecule has 8 nitrogen and oxygen atoms in total. The molecule has 0 saturated carbocycles. The lowest BCUT2D eigenvalue weighted by Crippen LogP contribution is -2.23. The van der Waals surface area contributed by atoms with Gasteiger partial charge in [0, 0.05) is 41.8 Å². The van der Waals surface area contributed by atoms with Gasteiger partial charge in [-0.3, -0.25) is 9.78 Å². The molecule has 0 bridgehead atoms. The van der Waals surface area contributed by atoms with Crippen molar-refractivity contribution in [1.82, 2.24) is 20.3 Å². The van der Waals surface area contributed by atoms with E-state index in [-0.39, 0.29) is 5.91 Å². The monoisotopic (exact) mass is 379 g/mol. The van der Waals surface area contributed by atoms with Gasteiger partial charge >= 0.3 is 0 Å². The van der Waals surface area contributed by atoms with Crippen molar-refractivity contribution in [3.8, 4) is 5.75 Å². The van der Waals surface area contributed by atoms with Crippen molar-refractivity contribution >= 4 is 22.6 Å². The number of nitrogen functional groups attached to an aromatic ring is 1. The third-order valence-corrected chi connectivity index (χ3v) is 4.74. The topological polar surface area (TPSA) is 112 Å². The molecule has 1 amide bonds. The average molecular weight is 379 g/mol. The molecule has 3 heterocycles. The highest BCUT2D eigenvalue weighted by molar-refractivity contribution is 5.99. The van der Waals surface area contributed by atoms with Crippen molar-refractivity contribution in [1.29, 1.82) is 0 Å². The first-order valence-corrected chi connectivity index (χ1v) is 9.12. The summed E-state index contributed by atoms with van der Waals surface area (Å²) in [5.41, 5.74) is 7.83. The maximum Gasteiger partial charge on any atom is 0.251 e. The summed E-state index contributed by atoms with van der Waals surface area (Å²) in [5, 5.41) is 3.64. The number of fused-ring (bicyclic) bond motifs is 1. The number of carbonyl (C=O) groups excluding carboxylic acids is 1. The summed E-state index contributed by atoms with van der Waals surface area (Å²) in [6, 6.07) is 7.01. The third-order valence-electron chi connectivity index (χ3n) is 4.74. The molecular formula is C20H21N5O3. The predicted octanol–water partition coefficient (Wildman–Crippen LogP) is 1.95. The summed E-state index contributed by atoms with van der Waals surface area (Å²) < 4.78 is 11.3. The zero-order valence-electron chi connectivity index (χ0n) is 15.3. The van der Waals surface area contributed by atoms with Gasteiger partial charge in [-0.1, -0.05) is 0 Å². The van der Waals surface area contributed by atoms with Crippen LogP contribution >= 0.6 is 0 Å². The number of hydrogen-bond donors (Lipinski definition) is 2. The fourth-order valence-electron chi connectivity index (χ4n) is 3.10. The van der Waals surface area contributed by atoms with Crippen LogP contribution in [0, 0.1) is 5.92 Å². The van der Waals surface area contributed by atoms with Crippen LogP contribution in [0.4, 0.5) is 5.82 Å². The zero-order valence-corrected chi connectivity index (χ0v) is 15.3. The molecule has 4 rings (SSSR count). The van der Waals surface area contributed by atoms with E-state index in [4.69, 9.17) is 15.2 Å². The van der Waals surface area contributed by atoms with Gasteiger partial charge in [0.2, 0.25) is 0 Å². The first kappa shape index (κ1) is 18.1. The predicted molar refractivity (Wildman–Crippen MR) is 104 cm³/mol. The summed E-state index contributed by atoms with van der Waals surface area (Å²) in [6.07, 6.45) is 5.74. The van der Waals surface area contributed by atoms with E-state index >= 15 is 0 Å². The Balaban J connectivity index is 1.42. The quantitative estimate of drug-likeness (QED) is 0.673. The van der Waals surface area contributed by atoms with Gasteiger partial charge in [-0.05, 0) is 30.7 Å². The smallest absolute Gasteiger partial charge is 0.251 e. The Labute approximate surface area is 162 Å². The Morgan fingerprint density at radius 2 is 2.25 bits per heavy atom. The van der Waals surface area contributed by atoms with Crippen molar-refractivity contribution in [2.24, 2.45) is 5.92 Å². The standard InChI is InChI=1S/C20H21N5O3/c21-19-16-2-1-14(7-17(16)24-12-25-19)20(26)23-8-15-3-5-22-9-18(15)28-11-13-4-6-27-10-13/h1-3,5,7,9,12-13H,4,6,8,10-11H2,(H,23,26)(H2,21,24,25). The van der Waals surface area contributed by atoms with Crippen molar-refractivity contribution < 1.29 is 14.3 Å². The zero-order chi connectivity index (χ0) is 19.3. The van der Waals surface area contributed by atoms with Crippen molar-refractivity contribution in [2.75, 3.05) is 25.6 Å². The fraction of sp³-hybridized carbons (Fsp3) is 0.300. The van der Waals surface area contributed by atoms with E-state index in [1.807, 2.05) is 6.07 Å². The highest BCUT2D eigenvalue weighted by atomic mass is 16.5. The summed E-state index contributed by atoms with van der Waals surface area (Å²) >= 11 is 0. The summed E-state index contributed by atoms with van der Waals surface area (Å²) in [4.78, 5) is 24.8. The average Bonchev–Trinajstić information content (AvgIpc) is 3.24.